The Morgan fingerprint density at radius 2 is 1.90 bits per heavy atom. The van der Waals surface area contributed by atoms with Crippen LogP contribution in [-0.4, -0.2) is 20.3 Å². The van der Waals surface area contributed by atoms with Crippen molar-refractivity contribution in [3.05, 3.63) is 86.7 Å². The molecule has 6 nitrogen and oxygen atoms in total. The summed E-state index contributed by atoms with van der Waals surface area (Å²) in [6, 6.07) is 16.6. The van der Waals surface area contributed by atoms with Crippen molar-refractivity contribution in [3.63, 3.8) is 0 Å². The molecule has 2 aromatic heterocycles. The summed E-state index contributed by atoms with van der Waals surface area (Å²) in [5.74, 6) is -0.430. The largest absolute Gasteiger partial charge is 0.314 e. The molecular formula is C21H17ClN4O2S. The van der Waals surface area contributed by atoms with Crippen LogP contribution in [0.1, 0.15) is 16.2 Å². The van der Waals surface area contributed by atoms with Gasteiger partial charge >= 0.3 is 0 Å². The molecule has 0 bridgehead atoms. The molecule has 8 heteroatoms. The average Bonchev–Trinajstić information content (AvgIpc) is 3.29. The fraction of sp³-hybridized carbons (Fsp3) is 0.0952. The highest BCUT2D eigenvalue weighted by Crippen LogP contribution is 2.26. The molecule has 4 rings (SSSR count). The highest BCUT2D eigenvalue weighted by Gasteiger charge is 2.20. The third-order valence-electron chi connectivity index (χ3n) is 4.60. The number of aromatic nitrogens is 3. The summed E-state index contributed by atoms with van der Waals surface area (Å²) in [6.07, 6.45) is 0. The van der Waals surface area contributed by atoms with E-state index in [4.69, 9.17) is 11.6 Å². The first-order chi connectivity index (χ1) is 14.0. The van der Waals surface area contributed by atoms with Gasteiger partial charge < -0.3 is 5.32 Å². The van der Waals surface area contributed by atoms with Gasteiger partial charge in [0.15, 0.2) is 0 Å². The average molecular weight is 425 g/mol. The number of nitrogens with one attached hydrogen (secondary N) is 1. The van der Waals surface area contributed by atoms with E-state index < -0.39 is 5.91 Å². The fourth-order valence-corrected chi connectivity index (χ4v) is 4.01. The molecule has 0 fully saturated rings. The normalized spacial score (nSPS) is 10.9. The number of anilines is 1. The summed E-state index contributed by atoms with van der Waals surface area (Å²) in [5, 5.41) is 5.68. The lowest BCUT2D eigenvalue weighted by molar-refractivity contribution is 0.102. The minimum atomic E-state index is -0.430. The topological polar surface area (TPSA) is 68.9 Å². The molecule has 0 aliphatic heterocycles. The minimum Gasteiger partial charge on any atom is -0.314 e. The summed E-state index contributed by atoms with van der Waals surface area (Å²) in [7, 11) is 1.78. The summed E-state index contributed by atoms with van der Waals surface area (Å²) in [4.78, 5) is 30.1. The molecule has 2 aromatic carbocycles. The Kier molecular flexibility index (Phi) is 5.08. The Hall–Kier alpha value is -3.16. The second kappa shape index (κ2) is 7.69. The maximum Gasteiger partial charge on any atom is 0.295 e. The van der Waals surface area contributed by atoms with Crippen LogP contribution in [0.15, 0.2) is 64.8 Å². The van der Waals surface area contributed by atoms with Crippen LogP contribution < -0.4 is 10.9 Å². The van der Waals surface area contributed by atoms with Gasteiger partial charge in [-0.3, -0.25) is 14.3 Å². The lowest BCUT2D eigenvalue weighted by atomic mass is 10.2. The molecule has 0 saturated heterocycles. The maximum atomic E-state index is 12.9. The molecule has 1 amide bonds. The number of thiazole rings is 1. The summed E-state index contributed by atoms with van der Waals surface area (Å²) >= 11 is 7.38. The highest BCUT2D eigenvalue weighted by atomic mass is 35.5. The summed E-state index contributed by atoms with van der Waals surface area (Å²) in [6.45, 7) is 1.79. The van der Waals surface area contributed by atoms with Crippen LogP contribution >= 0.6 is 22.9 Å². The van der Waals surface area contributed by atoms with E-state index in [1.807, 2.05) is 42.5 Å². The Labute approximate surface area is 176 Å². The number of carbonyl (C=O) groups is 1. The van der Waals surface area contributed by atoms with Crippen LogP contribution in [0.4, 0.5) is 5.69 Å². The molecule has 146 valence electrons. The smallest absolute Gasteiger partial charge is 0.295 e. The van der Waals surface area contributed by atoms with Gasteiger partial charge in [0.2, 0.25) is 0 Å². The van der Waals surface area contributed by atoms with Crippen LogP contribution in [0.3, 0.4) is 0 Å². The number of carbonyl (C=O) groups excluding carboxylic acids is 1. The highest BCUT2D eigenvalue weighted by molar-refractivity contribution is 7.13. The summed E-state index contributed by atoms with van der Waals surface area (Å²) < 4.78 is 3.23. The molecule has 4 aromatic rings. The predicted octanol–water partition coefficient (Wildman–Crippen LogP) is 4.51. The van der Waals surface area contributed by atoms with Crippen LogP contribution in [-0.2, 0) is 7.05 Å². The van der Waals surface area contributed by atoms with Gasteiger partial charge in [-0.15, -0.1) is 11.3 Å². The summed E-state index contributed by atoms with van der Waals surface area (Å²) in [5.41, 5.74) is 2.40. The van der Waals surface area contributed by atoms with Crippen molar-refractivity contribution < 1.29 is 4.79 Å². The zero-order valence-corrected chi connectivity index (χ0v) is 17.3. The Balaban J connectivity index is 1.64. The third-order valence-corrected chi connectivity index (χ3v) is 5.73. The standard InChI is InChI=1S/C21H17ClN4O2S/c1-13-18(21(28)26(25(13)2)16-9-4-3-5-10-16)24-19(27)17-12-29-20(23-17)14-7-6-8-15(22)11-14/h3-12H,1-2H3,(H,24,27). The van der Waals surface area contributed by atoms with Crippen LogP contribution in [0, 0.1) is 6.92 Å². The molecule has 0 atom stereocenters. The Morgan fingerprint density at radius 3 is 2.62 bits per heavy atom. The van der Waals surface area contributed by atoms with Crippen molar-refractivity contribution in [1.82, 2.24) is 14.3 Å². The van der Waals surface area contributed by atoms with Crippen molar-refractivity contribution in [2.24, 2.45) is 7.05 Å². The SMILES string of the molecule is Cc1c(NC(=O)c2csc(-c3cccc(Cl)c3)n2)c(=O)n(-c2ccccc2)n1C. The zero-order chi connectivity index (χ0) is 20.5. The number of halogens is 1. The molecule has 0 aliphatic rings. The van der Waals surface area contributed by atoms with E-state index in [-0.39, 0.29) is 16.9 Å². The van der Waals surface area contributed by atoms with Gasteiger partial charge in [-0.05, 0) is 31.2 Å². The van der Waals surface area contributed by atoms with Crippen LogP contribution in [0.25, 0.3) is 16.3 Å². The molecule has 0 spiro atoms. The van der Waals surface area contributed by atoms with Crippen molar-refractivity contribution in [3.8, 4) is 16.3 Å². The lowest BCUT2D eigenvalue weighted by Crippen LogP contribution is -2.23. The van der Waals surface area contributed by atoms with E-state index in [9.17, 15) is 9.59 Å². The van der Waals surface area contributed by atoms with E-state index in [2.05, 4.69) is 10.3 Å². The van der Waals surface area contributed by atoms with Crippen LogP contribution in [0.5, 0.6) is 0 Å². The zero-order valence-electron chi connectivity index (χ0n) is 15.7. The van der Waals surface area contributed by atoms with E-state index in [1.54, 1.807) is 36.2 Å². The number of hydrogen-bond acceptors (Lipinski definition) is 4. The first kappa shape index (κ1) is 19.2. The number of amides is 1. The van der Waals surface area contributed by atoms with Crippen molar-refractivity contribution in [1.29, 1.82) is 0 Å². The van der Waals surface area contributed by atoms with Gasteiger partial charge in [-0.25, -0.2) is 9.67 Å². The van der Waals surface area contributed by atoms with Gasteiger partial charge in [0, 0.05) is 23.0 Å². The molecule has 0 unspecified atom stereocenters. The molecule has 1 N–H and O–H groups in total. The molecule has 0 aliphatic carbocycles. The number of para-hydroxylation sites is 1. The number of nitrogens with zero attached hydrogens (tertiary/aromatic N) is 3. The van der Waals surface area contributed by atoms with Gasteiger partial charge in [0.1, 0.15) is 16.4 Å². The van der Waals surface area contributed by atoms with Gasteiger partial charge in [-0.1, -0.05) is 41.9 Å². The first-order valence-electron chi connectivity index (χ1n) is 8.82. The fourth-order valence-electron chi connectivity index (χ4n) is 3.02. The molecule has 2 heterocycles. The Bertz CT molecular complexity index is 1260. The van der Waals surface area contributed by atoms with Crippen molar-refractivity contribution in [2.75, 3.05) is 5.32 Å². The quantitative estimate of drug-likeness (QED) is 0.524. The first-order valence-corrected chi connectivity index (χ1v) is 10.1. The van der Waals surface area contributed by atoms with E-state index in [0.29, 0.717) is 15.7 Å². The van der Waals surface area contributed by atoms with Gasteiger partial charge in [0.25, 0.3) is 11.5 Å². The number of rotatable bonds is 4. The second-order valence-electron chi connectivity index (χ2n) is 6.44. The third kappa shape index (κ3) is 3.62. The molecule has 0 saturated carbocycles. The monoisotopic (exact) mass is 424 g/mol. The van der Waals surface area contributed by atoms with Crippen molar-refractivity contribution in [2.45, 2.75) is 6.92 Å². The molecule has 29 heavy (non-hydrogen) atoms. The van der Waals surface area contributed by atoms with Gasteiger partial charge in [-0.2, -0.15) is 0 Å². The predicted molar refractivity (Wildman–Crippen MR) is 116 cm³/mol. The van der Waals surface area contributed by atoms with Crippen LogP contribution in [0.2, 0.25) is 5.02 Å². The maximum absolute atomic E-state index is 12.9. The van der Waals surface area contributed by atoms with E-state index in [1.165, 1.54) is 16.0 Å². The lowest BCUT2D eigenvalue weighted by Gasteiger charge is -2.07. The van der Waals surface area contributed by atoms with E-state index >= 15 is 0 Å². The molecular weight excluding hydrogens is 408 g/mol. The number of benzene rings is 2. The van der Waals surface area contributed by atoms with Crippen molar-refractivity contribution >= 4 is 34.5 Å². The molecule has 0 radical (unpaired) electrons. The van der Waals surface area contributed by atoms with E-state index in [0.717, 1.165) is 11.3 Å². The van der Waals surface area contributed by atoms with Gasteiger partial charge in [0.05, 0.1) is 11.4 Å². The Morgan fingerprint density at radius 1 is 1.14 bits per heavy atom. The number of hydrogen-bond donors (Lipinski definition) is 1. The second-order valence-corrected chi connectivity index (χ2v) is 7.73. The minimum absolute atomic E-state index is 0.235.